The van der Waals surface area contributed by atoms with E-state index in [4.69, 9.17) is 5.11 Å². The molecule has 2 rings (SSSR count). The van der Waals surface area contributed by atoms with E-state index >= 15 is 0 Å². The first kappa shape index (κ1) is 11.1. The van der Waals surface area contributed by atoms with Gasteiger partial charge in [0.15, 0.2) is 0 Å². The molecule has 0 spiro atoms. The fraction of sp³-hybridized carbons (Fsp3) is 0.500. The van der Waals surface area contributed by atoms with Crippen LogP contribution in [0.3, 0.4) is 0 Å². The van der Waals surface area contributed by atoms with E-state index in [1.807, 2.05) is 0 Å². The Kier molecular flexibility index (Phi) is 3.78. The van der Waals surface area contributed by atoms with Gasteiger partial charge in [-0.3, -0.25) is 0 Å². The van der Waals surface area contributed by atoms with E-state index in [-0.39, 0.29) is 12.6 Å². The maximum absolute atomic E-state index is 9.13. The monoisotopic (exact) mass is 269 g/mol. The van der Waals surface area contributed by atoms with Crippen molar-refractivity contribution < 1.29 is 5.11 Å². The van der Waals surface area contributed by atoms with E-state index in [9.17, 15) is 0 Å². The lowest BCUT2D eigenvalue weighted by atomic mass is 9.94. The van der Waals surface area contributed by atoms with Gasteiger partial charge < -0.3 is 10.4 Å². The first-order valence-electron chi connectivity index (χ1n) is 5.42. The van der Waals surface area contributed by atoms with Gasteiger partial charge in [0.2, 0.25) is 0 Å². The summed E-state index contributed by atoms with van der Waals surface area (Å²) in [5.74, 6) is 0. The van der Waals surface area contributed by atoms with Gasteiger partial charge in [0.05, 0.1) is 6.61 Å². The summed E-state index contributed by atoms with van der Waals surface area (Å²) in [6.07, 6.45) is 3.45. The molecule has 1 fully saturated rings. The molecule has 0 aromatic heterocycles. The van der Waals surface area contributed by atoms with Gasteiger partial charge in [0.25, 0.3) is 0 Å². The summed E-state index contributed by atoms with van der Waals surface area (Å²) in [4.78, 5) is 0. The maximum Gasteiger partial charge on any atom is 0.0584 e. The van der Waals surface area contributed by atoms with E-state index in [2.05, 4.69) is 45.5 Å². The van der Waals surface area contributed by atoms with Crippen LogP contribution in [0.4, 0.5) is 0 Å². The van der Waals surface area contributed by atoms with E-state index in [0.717, 1.165) is 17.3 Å². The van der Waals surface area contributed by atoms with Gasteiger partial charge in [-0.2, -0.15) is 0 Å². The Labute approximate surface area is 98.8 Å². The number of benzene rings is 1. The van der Waals surface area contributed by atoms with E-state index < -0.39 is 0 Å². The normalized spacial score (nSPS) is 26.5. The van der Waals surface area contributed by atoms with Crippen molar-refractivity contribution in [2.24, 2.45) is 0 Å². The van der Waals surface area contributed by atoms with Gasteiger partial charge in [-0.25, -0.2) is 0 Å². The SMILES string of the molecule is OCC1CCCC(c2ccc(Br)cc2)N1. The Morgan fingerprint density at radius 2 is 2.00 bits per heavy atom. The number of hydrogen-bond acceptors (Lipinski definition) is 2. The summed E-state index contributed by atoms with van der Waals surface area (Å²) >= 11 is 3.43. The Morgan fingerprint density at radius 3 is 2.67 bits per heavy atom. The lowest BCUT2D eigenvalue weighted by molar-refractivity contribution is 0.198. The van der Waals surface area contributed by atoms with Crippen molar-refractivity contribution >= 4 is 15.9 Å². The molecule has 3 heteroatoms. The zero-order chi connectivity index (χ0) is 10.7. The molecule has 15 heavy (non-hydrogen) atoms. The molecule has 1 aliphatic heterocycles. The van der Waals surface area contributed by atoms with Crippen LogP contribution < -0.4 is 5.32 Å². The fourth-order valence-electron chi connectivity index (χ4n) is 2.12. The summed E-state index contributed by atoms with van der Waals surface area (Å²) in [5, 5.41) is 12.6. The first-order chi connectivity index (χ1) is 7.29. The number of nitrogens with one attached hydrogen (secondary N) is 1. The molecule has 1 aromatic rings. The van der Waals surface area contributed by atoms with Gasteiger partial charge >= 0.3 is 0 Å². The topological polar surface area (TPSA) is 32.3 Å². The number of rotatable bonds is 2. The van der Waals surface area contributed by atoms with E-state index in [1.54, 1.807) is 0 Å². The van der Waals surface area contributed by atoms with Crippen molar-refractivity contribution in [3.05, 3.63) is 34.3 Å². The number of halogens is 1. The van der Waals surface area contributed by atoms with Crippen LogP contribution in [0.15, 0.2) is 28.7 Å². The van der Waals surface area contributed by atoms with Gasteiger partial charge in [0, 0.05) is 16.6 Å². The molecule has 1 saturated heterocycles. The van der Waals surface area contributed by atoms with Crippen molar-refractivity contribution in [1.82, 2.24) is 5.32 Å². The summed E-state index contributed by atoms with van der Waals surface area (Å²) < 4.78 is 1.11. The van der Waals surface area contributed by atoms with Gasteiger partial charge in [-0.05, 0) is 37.0 Å². The number of aliphatic hydroxyl groups is 1. The van der Waals surface area contributed by atoms with Gasteiger partial charge in [-0.1, -0.05) is 28.1 Å². The Morgan fingerprint density at radius 1 is 1.27 bits per heavy atom. The summed E-state index contributed by atoms with van der Waals surface area (Å²) in [6.45, 7) is 0.243. The zero-order valence-electron chi connectivity index (χ0n) is 8.62. The highest BCUT2D eigenvalue weighted by Gasteiger charge is 2.21. The third kappa shape index (κ3) is 2.80. The average Bonchev–Trinajstić information content (AvgIpc) is 2.30. The number of aliphatic hydroxyl groups excluding tert-OH is 1. The molecule has 0 aliphatic carbocycles. The van der Waals surface area contributed by atoms with Crippen LogP contribution in [-0.2, 0) is 0 Å². The third-order valence-corrected chi connectivity index (χ3v) is 3.50. The lowest BCUT2D eigenvalue weighted by Crippen LogP contribution is -2.39. The van der Waals surface area contributed by atoms with Crippen LogP contribution in [0.1, 0.15) is 30.9 Å². The van der Waals surface area contributed by atoms with Crippen LogP contribution in [0.5, 0.6) is 0 Å². The molecule has 1 aromatic carbocycles. The van der Waals surface area contributed by atoms with Crippen molar-refractivity contribution in [3.63, 3.8) is 0 Å². The minimum atomic E-state index is 0.243. The smallest absolute Gasteiger partial charge is 0.0584 e. The highest BCUT2D eigenvalue weighted by molar-refractivity contribution is 9.10. The third-order valence-electron chi connectivity index (χ3n) is 2.98. The van der Waals surface area contributed by atoms with E-state index in [0.29, 0.717) is 6.04 Å². The minimum Gasteiger partial charge on any atom is -0.395 e. The molecule has 2 N–H and O–H groups in total. The largest absolute Gasteiger partial charge is 0.395 e. The molecule has 2 nitrogen and oxygen atoms in total. The highest BCUT2D eigenvalue weighted by atomic mass is 79.9. The summed E-state index contributed by atoms with van der Waals surface area (Å²) in [6, 6.07) is 9.10. The first-order valence-corrected chi connectivity index (χ1v) is 6.21. The molecule has 2 unspecified atom stereocenters. The molecular weight excluding hydrogens is 254 g/mol. The molecular formula is C12H16BrNO. The quantitative estimate of drug-likeness (QED) is 0.865. The van der Waals surface area contributed by atoms with Crippen molar-refractivity contribution in [2.75, 3.05) is 6.61 Å². The number of piperidine rings is 1. The average molecular weight is 270 g/mol. The molecule has 0 amide bonds. The molecule has 2 atom stereocenters. The highest BCUT2D eigenvalue weighted by Crippen LogP contribution is 2.26. The zero-order valence-corrected chi connectivity index (χ0v) is 10.2. The summed E-state index contributed by atoms with van der Waals surface area (Å²) in [5.41, 5.74) is 1.32. The summed E-state index contributed by atoms with van der Waals surface area (Å²) in [7, 11) is 0. The van der Waals surface area contributed by atoms with Crippen molar-refractivity contribution in [3.8, 4) is 0 Å². The van der Waals surface area contributed by atoms with E-state index in [1.165, 1.54) is 12.0 Å². The van der Waals surface area contributed by atoms with Crippen LogP contribution in [0.2, 0.25) is 0 Å². The van der Waals surface area contributed by atoms with Crippen molar-refractivity contribution in [2.45, 2.75) is 31.3 Å². The molecule has 0 saturated carbocycles. The predicted octanol–water partition coefficient (Wildman–Crippen LogP) is 2.62. The van der Waals surface area contributed by atoms with Gasteiger partial charge in [-0.15, -0.1) is 0 Å². The minimum absolute atomic E-state index is 0.243. The predicted molar refractivity (Wildman–Crippen MR) is 64.7 cm³/mol. The Balaban J connectivity index is 2.06. The molecule has 0 bridgehead atoms. The Bertz CT molecular complexity index is 312. The van der Waals surface area contributed by atoms with Crippen LogP contribution >= 0.6 is 15.9 Å². The van der Waals surface area contributed by atoms with Crippen LogP contribution in [0, 0.1) is 0 Å². The maximum atomic E-state index is 9.13. The lowest BCUT2D eigenvalue weighted by Gasteiger charge is -2.30. The van der Waals surface area contributed by atoms with Crippen LogP contribution in [0.25, 0.3) is 0 Å². The molecule has 82 valence electrons. The Hall–Kier alpha value is -0.380. The fourth-order valence-corrected chi connectivity index (χ4v) is 2.39. The standard InChI is InChI=1S/C12H16BrNO/c13-10-6-4-9(5-7-10)12-3-1-2-11(8-15)14-12/h4-7,11-12,14-15H,1-3,8H2. The molecule has 1 heterocycles. The molecule has 1 aliphatic rings. The van der Waals surface area contributed by atoms with Crippen molar-refractivity contribution in [1.29, 1.82) is 0 Å². The van der Waals surface area contributed by atoms with Crippen LogP contribution in [-0.4, -0.2) is 17.8 Å². The second-order valence-corrected chi connectivity index (χ2v) is 5.00. The van der Waals surface area contributed by atoms with Gasteiger partial charge in [0.1, 0.15) is 0 Å². The number of hydrogen-bond donors (Lipinski definition) is 2. The molecule has 0 radical (unpaired) electrons. The second-order valence-electron chi connectivity index (χ2n) is 4.08. The second kappa shape index (κ2) is 5.10.